The summed E-state index contributed by atoms with van der Waals surface area (Å²) < 4.78 is 1.19. The molecule has 1 heterocycles. The Bertz CT molecular complexity index is 483. The van der Waals surface area contributed by atoms with Crippen LogP contribution in [0.25, 0.3) is 0 Å². The van der Waals surface area contributed by atoms with Crippen LogP contribution in [0.1, 0.15) is 17.5 Å². The standard InChI is InChI=1S/C16H24BrN3/c1-19-6-8-20(9-7-19)16(12-18)5-4-13-10-15(17)3-2-14(13)11-16/h2-3,10H,4-9,11-12,18H2,1H3. The van der Waals surface area contributed by atoms with Gasteiger partial charge in [-0.15, -0.1) is 0 Å². The first-order chi connectivity index (χ1) is 9.63. The molecule has 0 amide bonds. The van der Waals surface area contributed by atoms with E-state index in [1.54, 1.807) is 0 Å². The summed E-state index contributed by atoms with van der Waals surface area (Å²) in [5.41, 5.74) is 9.40. The Labute approximate surface area is 130 Å². The van der Waals surface area contributed by atoms with Crippen LogP contribution in [0.4, 0.5) is 0 Å². The van der Waals surface area contributed by atoms with Crippen molar-refractivity contribution in [3.63, 3.8) is 0 Å². The van der Waals surface area contributed by atoms with E-state index in [-0.39, 0.29) is 5.54 Å². The van der Waals surface area contributed by atoms with Crippen molar-refractivity contribution < 1.29 is 0 Å². The summed E-state index contributed by atoms with van der Waals surface area (Å²) in [5, 5.41) is 0. The van der Waals surface area contributed by atoms with Crippen LogP contribution in [-0.2, 0) is 12.8 Å². The highest BCUT2D eigenvalue weighted by Gasteiger charge is 2.39. The molecule has 0 aromatic heterocycles. The molecule has 0 saturated carbocycles. The van der Waals surface area contributed by atoms with Crippen LogP contribution in [0, 0.1) is 0 Å². The summed E-state index contributed by atoms with van der Waals surface area (Å²) in [4.78, 5) is 5.06. The number of piperazine rings is 1. The van der Waals surface area contributed by atoms with Gasteiger partial charge >= 0.3 is 0 Å². The first kappa shape index (κ1) is 14.5. The molecule has 1 aromatic carbocycles. The second-order valence-electron chi connectivity index (χ2n) is 6.31. The Morgan fingerprint density at radius 1 is 1.20 bits per heavy atom. The van der Waals surface area contributed by atoms with Gasteiger partial charge in [0, 0.05) is 42.7 Å². The maximum atomic E-state index is 6.23. The SMILES string of the molecule is CN1CCN(C2(CN)CCc3cc(Br)ccc3C2)CC1. The molecule has 110 valence electrons. The van der Waals surface area contributed by atoms with Gasteiger partial charge in [-0.1, -0.05) is 22.0 Å². The maximum absolute atomic E-state index is 6.23. The van der Waals surface area contributed by atoms with Crippen LogP contribution in [-0.4, -0.2) is 55.1 Å². The number of rotatable bonds is 2. The minimum absolute atomic E-state index is 0.183. The number of hydrogen-bond acceptors (Lipinski definition) is 3. The van der Waals surface area contributed by atoms with Crippen molar-refractivity contribution >= 4 is 15.9 Å². The van der Waals surface area contributed by atoms with Gasteiger partial charge in [0.2, 0.25) is 0 Å². The van der Waals surface area contributed by atoms with E-state index in [1.807, 2.05) is 0 Å². The number of hydrogen-bond donors (Lipinski definition) is 1. The molecule has 1 unspecified atom stereocenters. The molecule has 1 aliphatic heterocycles. The van der Waals surface area contributed by atoms with Gasteiger partial charge in [-0.2, -0.15) is 0 Å². The molecule has 20 heavy (non-hydrogen) atoms. The highest BCUT2D eigenvalue weighted by Crippen LogP contribution is 2.34. The Hall–Kier alpha value is -0.420. The Morgan fingerprint density at radius 2 is 1.95 bits per heavy atom. The smallest absolute Gasteiger partial charge is 0.0376 e. The van der Waals surface area contributed by atoms with E-state index >= 15 is 0 Å². The minimum atomic E-state index is 0.183. The summed E-state index contributed by atoms with van der Waals surface area (Å²) in [6.07, 6.45) is 3.45. The van der Waals surface area contributed by atoms with Gasteiger partial charge in [0.15, 0.2) is 0 Å². The van der Waals surface area contributed by atoms with Gasteiger partial charge in [0.05, 0.1) is 0 Å². The molecule has 2 aliphatic rings. The Kier molecular flexibility index (Phi) is 4.18. The lowest BCUT2D eigenvalue weighted by atomic mass is 9.76. The molecule has 0 spiro atoms. The third-order valence-corrected chi connectivity index (χ3v) is 5.59. The summed E-state index contributed by atoms with van der Waals surface area (Å²) in [7, 11) is 2.21. The number of benzene rings is 1. The second-order valence-corrected chi connectivity index (χ2v) is 7.22. The topological polar surface area (TPSA) is 32.5 Å². The van der Waals surface area contributed by atoms with E-state index in [0.29, 0.717) is 0 Å². The number of fused-ring (bicyclic) bond motifs is 1. The van der Waals surface area contributed by atoms with Crippen LogP contribution in [0.2, 0.25) is 0 Å². The highest BCUT2D eigenvalue weighted by molar-refractivity contribution is 9.10. The quantitative estimate of drug-likeness (QED) is 0.894. The van der Waals surface area contributed by atoms with Crippen molar-refractivity contribution in [1.82, 2.24) is 9.80 Å². The lowest BCUT2D eigenvalue weighted by Crippen LogP contribution is -2.61. The Balaban J connectivity index is 1.82. The molecular formula is C16H24BrN3. The Morgan fingerprint density at radius 3 is 2.65 bits per heavy atom. The first-order valence-electron chi connectivity index (χ1n) is 7.54. The van der Waals surface area contributed by atoms with Gasteiger partial charge < -0.3 is 10.6 Å². The molecule has 1 aliphatic carbocycles. The third-order valence-electron chi connectivity index (χ3n) is 5.10. The molecule has 1 aromatic rings. The van der Waals surface area contributed by atoms with Gasteiger partial charge in [-0.3, -0.25) is 4.90 Å². The third kappa shape index (κ3) is 2.67. The number of aryl methyl sites for hydroxylation is 1. The molecule has 1 fully saturated rings. The summed E-state index contributed by atoms with van der Waals surface area (Å²) in [6.45, 7) is 5.40. The first-order valence-corrected chi connectivity index (χ1v) is 8.33. The van der Waals surface area contributed by atoms with Crippen LogP contribution < -0.4 is 5.73 Å². The fraction of sp³-hybridized carbons (Fsp3) is 0.625. The zero-order valence-corrected chi connectivity index (χ0v) is 13.8. The van der Waals surface area contributed by atoms with E-state index in [1.165, 1.54) is 22.0 Å². The molecule has 3 nitrogen and oxygen atoms in total. The zero-order chi connectivity index (χ0) is 14.2. The van der Waals surface area contributed by atoms with Gasteiger partial charge in [-0.05, 0) is 49.6 Å². The summed E-state index contributed by atoms with van der Waals surface area (Å²) in [5.74, 6) is 0. The fourth-order valence-electron chi connectivity index (χ4n) is 3.66. The van der Waals surface area contributed by atoms with Crippen molar-refractivity contribution in [2.45, 2.75) is 24.8 Å². The summed E-state index contributed by atoms with van der Waals surface area (Å²) in [6, 6.07) is 6.72. The molecule has 1 atom stereocenters. The molecule has 1 saturated heterocycles. The molecule has 0 radical (unpaired) electrons. The largest absolute Gasteiger partial charge is 0.329 e. The van der Waals surface area contributed by atoms with Crippen molar-refractivity contribution in [1.29, 1.82) is 0 Å². The van der Waals surface area contributed by atoms with Crippen molar-refractivity contribution in [3.8, 4) is 0 Å². The molecule has 2 N–H and O–H groups in total. The molecular weight excluding hydrogens is 314 g/mol. The normalized spacial score (nSPS) is 28.4. The summed E-state index contributed by atoms with van der Waals surface area (Å²) >= 11 is 3.58. The van der Waals surface area contributed by atoms with Crippen molar-refractivity contribution in [2.24, 2.45) is 5.73 Å². The van der Waals surface area contributed by atoms with Crippen LogP contribution in [0.3, 0.4) is 0 Å². The lowest BCUT2D eigenvalue weighted by molar-refractivity contribution is 0.0348. The van der Waals surface area contributed by atoms with Crippen LogP contribution in [0.5, 0.6) is 0 Å². The number of nitrogens with two attached hydrogens (primary N) is 1. The highest BCUT2D eigenvalue weighted by atomic mass is 79.9. The van der Waals surface area contributed by atoms with Gasteiger partial charge in [0.1, 0.15) is 0 Å². The second kappa shape index (κ2) is 5.76. The number of halogens is 1. The predicted octanol–water partition coefficient (Wildman–Crippen LogP) is 1.88. The number of nitrogens with zero attached hydrogens (tertiary/aromatic N) is 2. The molecule has 3 rings (SSSR count). The van der Waals surface area contributed by atoms with E-state index in [9.17, 15) is 0 Å². The average molecular weight is 338 g/mol. The predicted molar refractivity (Wildman–Crippen MR) is 87.0 cm³/mol. The fourth-order valence-corrected chi connectivity index (χ4v) is 4.07. The molecule has 4 heteroatoms. The molecule has 0 bridgehead atoms. The van der Waals surface area contributed by atoms with E-state index < -0.39 is 0 Å². The number of likely N-dealkylation sites (N-methyl/N-ethyl adjacent to an activating group) is 1. The maximum Gasteiger partial charge on any atom is 0.0376 e. The van der Waals surface area contributed by atoms with Crippen LogP contribution >= 0.6 is 15.9 Å². The van der Waals surface area contributed by atoms with Crippen molar-refractivity contribution in [3.05, 3.63) is 33.8 Å². The van der Waals surface area contributed by atoms with E-state index in [2.05, 4.69) is 51.0 Å². The zero-order valence-electron chi connectivity index (χ0n) is 12.2. The average Bonchev–Trinajstić information content (AvgIpc) is 2.47. The van der Waals surface area contributed by atoms with Gasteiger partial charge in [0.25, 0.3) is 0 Å². The lowest BCUT2D eigenvalue weighted by Gasteiger charge is -2.49. The minimum Gasteiger partial charge on any atom is -0.329 e. The van der Waals surface area contributed by atoms with E-state index in [0.717, 1.165) is 45.6 Å². The monoisotopic (exact) mass is 337 g/mol. The van der Waals surface area contributed by atoms with Crippen LogP contribution in [0.15, 0.2) is 22.7 Å². The van der Waals surface area contributed by atoms with Crippen molar-refractivity contribution in [2.75, 3.05) is 39.8 Å². The van der Waals surface area contributed by atoms with E-state index in [4.69, 9.17) is 5.73 Å². The van der Waals surface area contributed by atoms with Gasteiger partial charge in [-0.25, -0.2) is 0 Å².